The fourth-order valence-corrected chi connectivity index (χ4v) is 4.38. The van der Waals surface area contributed by atoms with E-state index in [2.05, 4.69) is 39.5 Å². The molecule has 0 aromatic carbocycles. The summed E-state index contributed by atoms with van der Waals surface area (Å²) in [4.78, 5) is 2.85. The molecule has 0 aliphatic rings. The lowest BCUT2D eigenvalue weighted by molar-refractivity contribution is 0.102. The number of rotatable bonds is 22. The molecule has 0 radical (unpaired) electrons. The number of unbranched alkanes of at least 4 members (excludes halogenated alkanes) is 15. The van der Waals surface area contributed by atoms with E-state index in [-0.39, 0.29) is 0 Å². The second-order valence-corrected chi connectivity index (χ2v) is 9.85. The monoisotopic (exact) mass is 395 g/mol. The van der Waals surface area contributed by atoms with Gasteiger partial charge in [0.05, 0.1) is 0 Å². The van der Waals surface area contributed by atoms with Crippen molar-refractivity contribution in [2.24, 2.45) is 0 Å². The van der Waals surface area contributed by atoms with Crippen molar-refractivity contribution in [2.75, 3.05) is 13.1 Å². The van der Waals surface area contributed by atoms with E-state index in [1.807, 2.05) is 0 Å². The molecule has 0 amide bonds. The number of hydrogen-bond acceptors (Lipinski definition) is 1. The van der Waals surface area contributed by atoms with Gasteiger partial charge >= 0.3 is 0 Å². The zero-order valence-corrected chi connectivity index (χ0v) is 20.8. The Balaban J connectivity index is 4.17. The highest BCUT2D eigenvalue weighted by Crippen LogP contribution is 2.24. The van der Waals surface area contributed by atoms with Gasteiger partial charge in [-0.15, -0.1) is 0 Å². The molecular weight excluding hydrogens is 338 g/mol. The zero-order valence-electron chi connectivity index (χ0n) is 20.8. The van der Waals surface area contributed by atoms with Gasteiger partial charge < -0.3 is 0 Å². The normalized spacial score (nSPS) is 12.2. The summed E-state index contributed by atoms with van der Waals surface area (Å²) < 4.78 is 0. The van der Waals surface area contributed by atoms with Crippen LogP contribution in [0.25, 0.3) is 0 Å². The van der Waals surface area contributed by atoms with Gasteiger partial charge in [0, 0.05) is 5.54 Å². The standard InChI is InChI=1S/C27H57N/c1-6-9-12-15-16-17-18-21-24-27(4,5)28(25-22-19-13-10-7-2)26-23-20-14-11-8-3/h6-26H2,1-5H3. The zero-order chi connectivity index (χ0) is 20.9. The first-order valence-corrected chi connectivity index (χ1v) is 13.3. The molecule has 0 saturated carbocycles. The molecule has 0 spiro atoms. The quantitative estimate of drug-likeness (QED) is 0.165. The number of hydrogen-bond donors (Lipinski definition) is 0. The molecule has 0 saturated heterocycles. The van der Waals surface area contributed by atoms with Gasteiger partial charge in [0.2, 0.25) is 0 Å². The van der Waals surface area contributed by atoms with Crippen molar-refractivity contribution in [3.8, 4) is 0 Å². The van der Waals surface area contributed by atoms with E-state index in [1.165, 1.54) is 135 Å². The van der Waals surface area contributed by atoms with Crippen LogP contribution in [0.3, 0.4) is 0 Å². The topological polar surface area (TPSA) is 3.24 Å². The van der Waals surface area contributed by atoms with Crippen LogP contribution in [0.5, 0.6) is 0 Å². The van der Waals surface area contributed by atoms with Crippen molar-refractivity contribution in [1.29, 1.82) is 0 Å². The Morgan fingerprint density at radius 1 is 0.429 bits per heavy atom. The molecule has 170 valence electrons. The Morgan fingerprint density at radius 2 is 0.750 bits per heavy atom. The summed E-state index contributed by atoms with van der Waals surface area (Å²) in [5.41, 5.74) is 0.387. The van der Waals surface area contributed by atoms with Gasteiger partial charge in [0.25, 0.3) is 0 Å². The second-order valence-electron chi connectivity index (χ2n) is 9.85. The lowest BCUT2D eigenvalue weighted by atomic mass is 9.93. The Morgan fingerprint density at radius 3 is 1.14 bits per heavy atom. The summed E-state index contributed by atoms with van der Waals surface area (Å²) in [5, 5.41) is 0. The first kappa shape index (κ1) is 28.0. The molecule has 1 nitrogen and oxygen atoms in total. The maximum absolute atomic E-state index is 2.85. The highest BCUT2D eigenvalue weighted by molar-refractivity contribution is 4.81. The van der Waals surface area contributed by atoms with Crippen LogP contribution in [0.15, 0.2) is 0 Å². The van der Waals surface area contributed by atoms with Crippen molar-refractivity contribution in [3.05, 3.63) is 0 Å². The van der Waals surface area contributed by atoms with E-state index in [0.717, 1.165) is 0 Å². The molecule has 0 aliphatic carbocycles. The third kappa shape index (κ3) is 16.9. The van der Waals surface area contributed by atoms with E-state index in [9.17, 15) is 0 Å². The third-order valence-electron chi connectivity index (χ3n) is 6.56. The molecule has 0 bridgehead atoms. The molecular formula is C27H57N. The lowest BCUT2D eigenvalue weighted by Gasteiger charge is -2.39. The average Bonchev–Trinajstić information content (AvgIpc) is 2.68. The van der Waals surface area contributed by atoms with Crippen molar-refractivity contribution in [2.45, 2.75) is 162 Å². The number of nitrogens with zero attached hydrogens (tertiary/aromatic N) is 1. The van der Waals surface area contributed by atoms with E-state index in [0.29, 0.717) is 5.54 Å². The molecule has 0 rings (SSSR count). The van der Waals surface area contributed by atoms with Crippen LogP contribution in [0.4, 0.5) is 0 Å². The largest absolute Gasteiger partial charge is 0.298 e. The molecule has 0 aromatic heterocycles. The van der Waals surface area contributed by atoms with E-state index < -0.39 is 0 Å². The SMILES string of the molecule is CCCCCCCCCCC(C)(C)N(CCCCCCC)CCCCCCC. The first-order chi connectivity index (χ1) is 13.6. The molecule has 0 N–H and O–H groups in total. The molecule has 28 heavy (non-hydrogen) atoms. The van der Waals surface area contributed by atoms with Gasteiger partial charge in [-0.3, -0.25) is 4.90 Å². The fourth-order valence-electron chi connectivity index (χ4n) is 4.38. The average molecular weight is 396 g/mol. The van der Waals surface area contributed by atoms with Crippen LogP contribution in [0, 0.1) is 0 Å². The smallest absolute Gasteiger partial charge is 0.0153 e. The van der Waals surface area contributed by atoms with Crippen LogP contribution in [-0.2, 0) is 0 Å². The van der Waals surface area contributed by atoms with Gasteiger partial charge in [-0.05, 0) is 46.2 Å². The van der Waals surface area contributed by atoms with Crippen LogP contribution in [-0.4, -0.2) is 23.5 Å². The lowest BCUT2D eigenvalue weighted by Crippen LogP contribution is -2.45. The summed E-state index contributed by atoms with van der Waals surface area (Å²) in [5.74, 6) is 0. The van der Waals surface area contributed by atoms with Gasteiger partial charge in [-0.1, -0.05) is 124 Å². The van der Waals surface area contributed by atoms with Crippen LogP contribution >= 0.6 is 0 Å². The fraction of sp³-hybridized carbons (Fsp3) is 1.00. The van der Waals surface area contributed by atoms with E-state index >= 15 is 0 Å². The third-order valence-corrected chi connectivity index (χ3v) is 6.56. The highest BCUT2D eigenvalue weighted by atomic mass is 15.2. The van der Waals surface area contributed by atoms with Gasteiger partial charge in [0.15, 0.2) is 0 Å². The summed E-state index contributed by atoms with van der Waals surface area (Å²) in [6.07, 6.45) is 26.9. The predicted octanol–water partition coefficient (Wildman–Crippen LogP) is 9.54. The Bertz CT molecular complexity index is 283. The Kier molecular flexibility index (Phi) is 20.2. The van der Waals surface area contributed by atoms with Crippen LogP contribution in [0.1, 0.15) is 157 Å². The van der Waals surface area contributed by atoms with Gasteiger partial charge in [-0.2, -0.15) is 0 Å². The van der Waals surface area contributed by atoms with Crippen LogP contribution < -0.4 is 0 Å². The van der Waals surface area contributed by atoms with E-state index in [4.69, 9.17) is 0 Å². The summed E-state index contributed by atoms with van der Waals surface area (Å²) in [6.45, 7) is 14.6. The van der Waals surface area contributed by atoms with Crippen molar-refractivity contribution >= 4 is 0 Å². The van der Waals surface area contributed by atoms with Gasteiger partial charge in [0.1, 0.15) is 0 Å². The minimum absolute atomic E-state index is 0.387. The molecule has 0 aromatic rings. The van der Waals surface area contributed by atoms with Crippen molar-refractivity contribution in [3.63, 3.8) is 0 Å². The molecule has 0 heterocycles. The summed E-state index contributed by atoms with van der Waals surface area (Å²) in [7, 11) is 0. The summed E-state index contributed by atoms with van der Waals surface area (Å²) in [6, 6.07) is 0. The first-order valence-electron chi connectivity index (χ1n) is 13.3. The predicted molar refractivity (Wildman–Crippen MR) is 130 cm³/mol. The minimum Gasteiger partial charge on any atom is -0.298 e. The van der Waals surface area contributed by atoms with Gasteiger partial charge in [-0.25, -0.2) is 0 Å². The molecule has 1 heteroatoms. The summed E-state index contributed by atoms with van der Waals surface area (Å²) >= 11 is 0. The highest BCUT2D eigenvalue weighted by Gasteiger charge is 2.25. The maximum atomic E-state index is 2.85. The molecule has 0 fully saturated rings. The molecule has 0 aliphatic heterocycles. The minimum atomic E-state index is 0.387. The Hall–Kier alpha value is -0.0400. The Labute approximate surface area is 180 Å². The van der Waals surface area contributed by atoms with E-state index in [1.54, 1.807) is 0 Å². The molecule has 0 atom stereocenters. The van der Waals surface area contributed by atoms with Crippen molar-refractivity contribution in [1.82, 2.24) is 4.90 Å². The molecule has 0 unspecified atom stereocenters. The second kappa shape index (κ2) is 20.2. The van der Waals surface area contributed by atoms with Crippen LogP contribution in [0.2, 0.25) is 0 Å². The van der Waals surface area contributed by atoms with Crippen molar-refractivity contribution < 1.29 is 0 Å². The maximum Gasteiger partial charge on any atom is 0.0153 e.